The Morgan fingerprint density at radius 2 is 1.04 bits per heavy atom. The van der Waals surface area contributed by atoms with Crippen molar-refractivity contribution in [2.75, 3.05) is 26.4 Å². The van der Waals surface area contributed by atoms with Gasteiger partial charge in [0.1, 0.15) is 6.10 Å². The number of aliphatic hydroxyl groups excluding tert-OH is 5. The van der Waals surface area contributed by atoms with Crippen molar-refractivity contribution in [2.45, 2.75) is 90.1 Å². The van der Waals surface area contributed by atoms with Crippen LogP contribution in [0.25, 0.3) is 0 Å². The van der Waals surface area contributed by atoms with Crippen LogP contribution in [0.5, 0.6) is 0 Å². The van der Waals surface area contributed by atoms with E-state index in [1.54, 1.807) is 0 Å². The van der Waals surface area contributed by atoms with Gasteiger partial charge in [-0.25, -0.2) is 0 Å². The van der Waals surface area contributed by atoms with Gasteiger partial charge < -0.3 is 30.6 Å². The van der Waals surface area contributed by atoms with E-state index in [1.165, 1.54) is 57.8 Å². The standard InChI is InChI=1S/C14H28O2.C3H8O3.C2H6O2/c1-2-3-4-5-6-7-8-9-10-11-12-13-14(15)16;4-1-3(6)2-5;3-1-2-4/h2-13H2,1H3,(H,15,16);3-6H,1-2H2;3-4H,1-2H2. The Morgan fingerprint density at radius 1 is 0.692 bits per heavy atom. The lowest BCUT2D eigenvalue weighted by atomic mass is 10.1. The number of carboxylic acid groups (broad SMARTS) is 1. The van der Waals surface area contributed by atoms with Crippen LogP contribution in [-0.4, -0.2) is 69.1 Å². The van der Waals surface area contributed by atoms with Crippen molar-refractivity contribution >= 4 is 5.97 Å². The van der Waals surface area contributed by atoms with Crippen LogP contribution in [0.3, 0.4) is 0 Å². The number of carbonyl (C=O) groups is 1. The first-order valence-corrected chi connectivity index (χ1v) is 9.83. The average molecular weight is 383 g/mol. The van der Waals surface area contributed by atoms with Gasteiger partial charge in [0, 0.05) is 6.42 Å². The number of aliphatic hydroxyl groups is 5. The summed E-state index contributed by atoms with van der Waals surface area (Å²) < 4.78 is 0. The van der Waals surface area contributed by atoms with Crippen LogP contribution in [0.4, 0.5) is 0 Å². The highest BCUT2D eigenvalue weighted by Crippen LogP contribution is 2.11. The zero-order chi connectivity index (χ0) is 20.5. The lowest BCUT2D eigenvalue weighted by molar-refractivity contribution is -0.137. The molecule has 0 rings (SSSR count). The molecule has 0 amide bonds. The Morgan fingerprint density at radius 3 is 1.27 bits per heavy atom. The molecule has 0 aromatic carbocycles. The molecule has 0 aliphatic carbocycles. The minimum absolute atomic E-state index is 0.125. The molecule has 0 atom stereocenters. The summed E-state index contributed by atoms with van der Waals surface area (Å²) in [5.74, 6) is -0.657. The van der Waals surface area contributed by atoms with Gasteiger partial charge in [0.05, 0.1) is 26.4 Å². The number of carboxylic acids is 1. The smallest absolute Gasteiger partial charge is 0.303 e. The quantitative estimate of drug-likeness (QED) is 0.238. The first kappa shape index (κ1) is 30.0. The number of hydrogen-bond donors (Lipinski definition) is 6. The minimum Gasteiger partial charge on any atom is -0.481 e. The molecule has 0 saturated carbocycles. The normalized spacial score (nSPS) is 9.96. The molecule has 0 aromatic heterocycles. The van der Waals surface area contributed by atoms with E-state index < -0.39 is 12.1 Å². The summed E-state index contributed by atoms with van der Waals surface area (Å²) in [6.07, 6.45) is 13.4. The lowest BCUT2D eigenvalue weighted by Crippen LogP contribution is -2.15. The van der Waals surface area contributed by atoms with Crippen LogP contribution < -0.4 is 0 Å². The van der Waals surface area contributed by atoms with Crippen molar-refractivity contribution in [3.63, 3.8) is 0 Å². The average Bonchev–Trinajstić information content (AvgIpc) is 2.65. The Labute approximate surface area is 158 Å². The van der Waals surface area contributed by atoms with E-state index in [9.17, 15) is 4.79 Å². The summed E-state index contributed by atoms with van der Waals surface area (Å²) in [7, 11) is 0. The largest absolute Gasteiger partial charge is 0.481 e. The van der Waals surface area contributed by atoms with E-state index in [1.807, 2.05) is 0 Å². The number of aliphatic carboxylic acids is 1. The van der Waals surface area contributed by atoms with E-state index in [0.29, 0.717) is 6.42 Å². The van der Waals surface area contributed by atoms with Crippen LogP contribution in [0.15, 0.2) is 0 Å². The molecule has 0 spiro atoms. The van der Waals surface area contributed by atoms with Crippen molar-refractivity contribution in [1.29, 1.82) is 0 Å². The molecule has 26 heavy (non-hydrogen) atoms. The molecule has 0 aromatic rings. The topological polar surface area (TPSA) is 138 Å². The molecule has 0 bridgehead atoms. The summed E-state index contributed by atoms with van der Waals surface area (Å²) in [4.78, 5) is 10.3. The molecule has 0 heterocycles. The van der Waals surface area contributed by atoms with Crippen LogP contribution >= 0.6 is 0 Å². The molecule has 0 unspecified atom stereocenters. The van der Waals surface area contributed by atoms with Crippen molar-refractivity contribution in [3.8, 4) is 0 Å². The van der Waals surface area contributed by atoms with Crippen molar-refractivity contribution in [1.82, 2.24) is 0 Å². The molecule has 0 aliphatic rings. The Bertz CT molecular complexity index is 244. The first-order chi connectivity index (χ1) is 12.5. The van der Waals surface area contributed by atoms with E-state index in [2.05, 4.69) is 6.92 Å². The molecular formula is C19H42O7. The zero-order valence-corrected chi connectivity index (χ0v) is 16.5. The van der Waals surface area contributed by atoms with Gasteiger partial charge in [-0.05, 0) is 6.42 Å². The molecule has 6 N–H and O–H groups in total. The lowest BCUT2D eigenvalue weighted by Gasteiger charge is -2.01. The SMILES string of the molecule is CCCCCCCCCCCCCC(=O)O.OCC(O)CO.OCCO. The van der Waals surface area contributed by atoms with Gasteiger partial charge in [-0.15, -0.1) is 0 Å². The summed E-state index contributed by atoms with van der Waals surface area (Å²) in [6.45, 7) is 1.27. The highest BCUT2D eigenvalue weighted by Gasteiger charge is 1.96. The number of rotatable bonds is 15. The molecule has 160 valence electrons. The van der Waals surface area contributed by atoms with Gasteiger partial charge in [0.15, 0.2) is 0 Å². The van der Waals surface area contributed by atoms with Crippen molar-refractivity contribution < 1.29 is 35.4 Å². The summed E-state index contributed by atoms with van der Waals surface area (Å²) in [5.41, 5.74) is 0. The van der Waals surface area contributed by atoms with Gasteiger partial charge in [0.2, 0.25) is 0 Å². The van der Waals surface area contributed by atoms with Crippen LogP contribution in [-0.2, 0) is 4.79 Å². The summed E-state index contributed by atoms with van der Waals surface area (Å²) in [5, 5.41) is 47.7. The fourth-order valence-electron chi connectivity index (χ4n) is 2.00. The Hall–Kier alpha value is -0.730. The predicted molar refractivity (Wildman–Crippen MR) is 103 cm³/mol. The second kappa shape index (κ2) is 29.0. The molecular weight excluding hydrogens is 340 g/mol. The molecule has 7 heteroatoms. The third kappa shape index (κ3) is 38.7. The minimum atomic E-state index is -0.954. The van der Waals surface area contributed by atoms with E-state index in [4.69, 9.17) is 30.6 Å². The second-order valence-electron chi connectivity index (χ2n) is 6.15. The zero-order valence-electron chi connectivity index (χ0n) is 16.5. The molecule has 0 aliphatic heterocycles. The maximum absolute atomic E-state index is 10.3. The van der Waals surface area contributed by atoms with Gasteiger partial charge >= 0.3 is 5.97 Å². The molecule has 7 nitrogen and oxygen atoms in total. The van der Waals surface area contributed by atoms with Crippen LogP contribution in [0.1, 0.15) is 84.0 Å². The Balaban J connectivity index is -0.000000434. The number of unbranched alkanes of at least 4 members (excludes halogenated alkanes) is 10. The van der Waals surface area contributed by atoms with Gasteiger partial charge in [0.25, 0.3) is 0 Å². The second-order valence-corrected chi connectivity index (χ2v) is 6.15. The van der Waals surface area contributed by atoms with Gasteiger partial charge in [-0.2, -0.15) is 0 Å². The van der Waals surface area contributed by atoms with Crippen LogP contribution in [0.2, 0.25) is 0 Å². The third-order valence-electron chi connectivity index (χ3n) is 3.52. The first-order valence-electron chi connectivity index (χ1n) is 9.83. The highest BCUT2D eigenvalue weighted by molar-refractivity contribution is 5.66. The van der Waals surface area contributed by atoms with Crippen molar-refractivity contribution in [2.24, 2.45) is 0 Å². The van der Waals surface area contributed by atoms with Crippen molar-refractivity contribution in [3.05, 3.63) is 0 Å². The summed E-state index contributed by atoms with van der Waals surface area (Å²) >= 11 is 0. The van der Waals surface area contributed by atoms with E-state index in [-0.39, 0.29) is 26.4 Å². The monoisotopic (exact) mass is 382 g/mol. The maximum atomic E-state index is 10.3. The highest BCUT2D eigenvalue weighted by atomic mass is 16.4. The molecule has 0 fully saturated rings. The number of hydrogen-bond acceptors (Lipinski definition) is 6. The Kier molecular flexibility index (Phi) is 33.5. The van der Waals surface area contributed by atoms with Gasteiger partial charge in [-0.3, -0.25) is 4.79 Å². The fourth-order valence-corrected chi connectivity index (χ4v) is 2.00. The molecule has 0 radical (unpaired) electrons. The van der Waals surface area contributed by atoms with E-state index in [0.717, 1.165) is 12.8 Å². The fraction of sp³-hybridized carbons (Fsp3) is 0.947. The molecule has 0 saturated heterocycles. The van der Waals surface area contributed by atoms with Gasteiger partial charge in [-0.1, -0.05) is 71.1 Å². The maximum Gasteiger partial charge on any atom is 0.303 e. The predicted octanol–water partition coefficient (Wildman–Crippen LogP) is 2.07. The van der Waals surface area contributed by atoms with E-state index >= 15 is 0 Å². The summed E-state index contributed by atoms with van der Waals surface area (Å²) in [6, 6.07) is 0. The third-order valence-corrected chi connectivity index (χ3v) is 3.52. The van der Waals surface area contributed by atoms with Crippen LogP contribution in [0, 0.1) is 0 Å².